The number of benzene rings is 2. The van der Waals surface area contributed by atoms with E-state index in [2.05, 4.69) is 20.6 Å². The van der Waals surface area contributed by atoms with Crippen LogP contribution in [0.3, 0.4) is 0 Å². The highest BCUT2D eigenvalue weighted by atomic mass is 19.4. The molecule has 174 valence electrons. The molecule has 0 saturated heterocycles. The fraction of sp³-hybridized carbons (Fsp3) is 0.360. The van der Waals surface area contributed by atoms with Crippen LogP contribution in [0.25, 0.3) is 0 Å². The van der Waals surface area contributed by atoms with Crippen LogP contribution in [0.2, 0.25) is 0 Å². The molecule has 2 N–H and O–H groups in total. The van der Waals surface area contributed by atoms with Crippen LogP contribution in [0.5, 0.6) is 5.75 Å². The van der Waals surface area contributed by atoms with Crippen LogP contribution in [-0.2, 0) is 12.6 Å². The van der Waals surface area contributed by atoms with Gasteiger partial charge in [-0.25, -0.2) is 4.98 Å². The van der Waals surface area contributed by atoms with Crippen molar-refractivity contribution in [1.29, 1.82) is 0 Å². The maximum absolute atomic E-state index is 13.6. The van der Waals surface area contributed by atoms with E-state index in [4.69, 9.17) is 4.74 Å². The monoisotopic (exact) mass is 456 g/mol. The molecule has 0 unspecified atom stereocenters. The lowest BCUT2D eigenvalue weighted by Gasteiger charge is -2.17. The van der Waals surface area contributed by atoms with Crippen LogP contribution in [0, 0.1) is 0 Å². The van der Waals surface area contributed by atoms with Gasteiger partial charge in [0, 0.05) is 17.6 Å². The minimum absolute atomic E-state index is 0.0722. The van der Waals surface area contributed by atoms with Crippen molar-refractivity contribution in [2.24, 2.45) is 0 Å². The zero-order valence-electron chi connectivity index (χ0n) is 18.5. The molecule has 1 aromatic heterocycles. The Bertz CT molecular complexity index is 1060. The van der Waals surface area contributed by atoms with E-state index in [1.54, 1.807) is 24.3 Å². The summed E-state index contributed by atoms with van der Waals surface area (Å²) in [6.45, 7) is 2.02. The second-order valence-electron chi connectivity index (χ2n) is 8.16. The summed E-state index contributed by atoms with van der Waals surface area (Å²) in [5.74, 6) is 0.559. The van der Waals surface area contributed by atoms with Gasteiger partial charge in [-0.15, -0.1) is 0 Å². The highest BCUT2D eigenvalue weighted by Gasteiger charge is 2.35. The number of nitrogens with one attached hydrogen (secondary N) is 2. The van der Waals surface area contributed by atoms with Crippen LogP contribution < -0.4 is 15.4 Å². The average Bonchev–Trinajstić information content (AvgIpc) is 3.29. The fourth-order valence-electron chi connectivity index (χ4n) is 3.95. The van der Waals surface area contributed by atoms with Crippen LogP contribution in [0.15, 0.2) is 54.7 Å². The van der Waals surface area contributed by atoms with E-state index in [0.717, 1.165) is 43.2 Å². The SMILES string of the molecule is CCCc1ccccc1Nc1nc(Nc2ccc(OC3CCCC3)cc2)ncc1C(F)(F)F. The van der Waals surface area contributed by atoms with Gasteiger partial charge in [-0.1, -0.05) is 31.5 Å². The van der Waals surface area contributed by atoms with E-state index in [9.17, 15) is 13.2 Å². The van der Waals surface area contributed by atoms with Crippen molar-refractivity contribution in [3.8, 4) is 5.75 Å². The van der Waals surface area contributed by atoms with Crippen molar-refractivity contribution in [2.45, 2.75) is 57.7 Å². The maximum atomic E-state index is 13.6. The zero-order valence-corrected chi connectivity index (χ0v) is 18.5. The Morgan fingerprint density at radius 3 is 2.42 bits per heavy atom. The van der Waals surface area contributed by atoms with Crippen molar-refractivity contribution < 1.29 is 17.9 Å². The number of nitrogens with zero attached hydrogens (tertiary/aromatic N) is 2. The third-order valence-corrected chi connectivity index (χ3v) is 5.60. The Morgan fingerprint density at radius 1 is 1.00 bits per heavy atom. The quantitative estimate of drug-likeness (QED) is 0.374. The smallest absolute Gasteiger partial charge is 0.421 e. The number of hydrogen-bond donors (Lipinski definition) is 2. The van der Waals surface area contributed by atoms with E-state index in [1.165, 1.54) is 12.8 Å². The van der Waals surface area contributed by atoms with Crippen LogP contribution in [0.1, 0.15) is 50.2 Å². The number of anilines is 4. The first-order valence-electron chi connectivity index (χ1n) is 11.3. The minimum Gasteiger partial charge on any atom is -0.490 e. The van der Waals surface area contributed by atoms with Gasteiger partial charge in [-0.05, 0) is 68.0 Å². The Balaban J connectivity index is 1.54. The second kappa shape index (κ2) is 10.1. The average molecular weight is 457 g/mol. The van der Waals surface area contributed by atoms with Crippen molar-refractivity contribution in [3.63, 3.8) is 0 Å². The molecule has 0 radical (unpaired) electrons. The lowest BCUT2D eigenvalue weighted by atomic mass is 10.1. The molecule has 1 fully saturated rings. The molecule has 0 amide bonds. The molecular formula is C25H27F3N4O. The Labute approximate surface area is 191 Å². The third kappa shape index (κ3) is 5.94. The van der Waals surface area contributed by atoms with Gasteiger partial charge in [0.05, 0.1) is 6.10 Å². The summed E-state index contributed by atoms with van der Waals surface area (Å²) >= 11 is 0. The van der Waals surface area contributed by atoms with E-state index < -0.39 is 11.7 Å². The summed E-state index contributed by atoms with van der Waals surface area (Å²) in [5, 5.41) is 5.86. The van der Waals surface area contributed by atoms with E-state index in [1.807, 2.05) is 31.2 Å². The first-order chi connectivity index (χ1) is 15.9. The Hall–Kier alpha value is -3.29. The zero-order chi connectivity index (χ0) is 23.3. The molecule has 8 heteroatoms. The van der Waals surface area contributed by atoms with Gasteiger partial charge in [0.1, 0.15) is 17.1 Å². The van der Waals surface area contributed by atoms with Gasteiger partial charge in [0.15, 0.2) is 0 Å². The Morgan fingerprint density at radius 2 is 1.73 bits per heavy atom. The molecule has 2 aromatic carbocycles. The number of rotatable bonds is 8. The number of para-hydroxylation sites is 1. The summed E-state index contributed by atoms with van der Waals surface area (Å²) < 4.78 is 46.8. The summed E-state index contributed by atoms with van der Waals surface area (Å²) in [6, 6.07) is 14.6. The van der Waals surface area contributed by atoms with E-state index >= 15 is 0 Å². The molecule has 33 heavy (non-hydrogen) atoms. The minimum atomic E-state index is -4.58. The number of aromatic nitrogens is 2. The van der Waals surface area contributed by atoms with Crippen molar-refractivity contribution in [3.05, 3.63) is 65.9 Å². The molecule has 1 heterocycles. The Kier molecular flexibility index (Phi) is 7.01. The van der Waals surface area contributed by atoms with E-state index in [-0.39, 0.29) is 17.9 Å². The molecular weight excluding hydrogens is 429 g/mol. The van der Waals surface area contributed by atoms with E-state index in [0.29, 0.717) is 11.4 Å². The summed E-state index contributed by atoms with van der Waals surface area (Å²) in [5.41, 5.74) is 1.27. The molecule has 0 bridgehead atoms. The standard InChI is InChI=1S/C25H27F3N4O/c1-2-7-17-8-3-6-11-22(17)31-23-21(25(26,27)28)16-29-24(32-23)30-18-12-14-20(15-13-18)33-19-9-4-5-10-19/h3,6,8,11-16,19H,2,4-5,7,9-10H2,1H3,(H2,29,30,31,32). The lowest BCUT2D eigenvalue weighted by Crippen LogP contribution is -2.13. The molecule has 4 rings (SSSR count). The lowest BCUT2D eigenvalue weighted by molar-refractivity contribution is -0.137. The summed E-state index contributed by atoms with van der Waals surface area (Å²) in [4.78, 5) is 8.05. The third-order valence-electron chi connectivity index (χ3n) is 5.60. The van der Waals surface area contributed by atoms with Crippen LogP contribution >= 0.6 is 0 Å². The van der Waals surface area contributed by atoms with Gasteiger partial charge < -0.3 is 15.4 Å². The highest BCUT2D eigenvalue weighted by Crippen LogP contribution is 2.36. The molecule has 5 nitrogen and oxygen atoms in total. The van der Waals surface area contributed by atoms with Crippen molar-refractivity contribution in [1.82, 2.24) is 9.97 Å². The van der Waals surface area contributed by atoms with Gasteiger partial charge in [0.2, 0.25) is 5.95 Å². The molecule has 1 aliphatic rings. The first-order valence-corrected chi connectivity index (χ1v) is 11.3. The number of ether oxygens (including phenoxy) is 1. The number of alkyl halides is 3. The van der Waals surface area contributed by atoms with Gasteiger partial charge in [-0.3, -0.25) is 0 Å². The fourth-order valence-corrected chi connectivity index (χ4v) is 3.95. The molecule has 0 atom stereocenters. The van der Waals surface area contributed by atoms with Gasteiger partial charge in [-0.2, -0.15) is 18.2 Å². The number of aryl methyl sites for hydroxylation is 1. The molecule has 0 aliphatic heterocycles. The predicted molar refractivity (Wildman–Crippen MR) is 123 cm³/mol. The van der Waals surface area contributed by atoms with Crippen molar-refractivity contribution >= 4 is 23.1 Å². The molecule has 0 spiro atoms. The second-order valence-corrected chi connectivity index (χ2v) is 8.16. The molecule has 1 aliphatic carbocycles. The maximum Gasteiger partial charge on any atom is 0.421 e. The molecule has 1 saturated carbocycles. The summed E-state index contributed by atoms with van der Waals surface area (Å²) in [6.07, 6.45) is 2.61. The highest BCUT2D eigenvalue weighted by molar-refractivity contribution is 5.65. The topological polar surface area (TPSA) is 59.1 Å². The van der Waals surface area contributed by atoms with Crippen LogP contribution in [-0.4, -0.2) is 16.1 Å². The first kappa shape index (κ1) is 22.9. The largest absolute Gasteiger partial charge is 0.490 e. The predicted octanol–water partition coefficient (Wildman–Crippen LogP) is 7.26. The van der Waals surface area contributed by atoms with Gasteiger partial charge in [0.25, 0.3) is 0 Å². The van der Waals surface area contributed by atoms with Crippen LogP contribution in [0.4, 0.5) is 36.3 Å². The number of hydrogen-bond acceptors (Lipinski definition) is 5. The normalized spacial score (nSPS) is 14.3. The molecule has 3 aromatic rings. The van der Waals surface area contributed by atoms with Gasteiger partial charge >= 0.3 is 6.18 Å². The number of halogens is 3. The van der Waals surface area contributed by atoms with Crippen molar-refractivity contribution in [2.75, 3.05) is 10.6 Å². The summed E-state index contributed by atoms with van der Waals surface area (Å²) in [7, 11) is 0.